The van der Waals surface area contributed by atoms with E-state index < -0.39 is 20.5 Å². The van der Waals surface area contributed by atoms with E-state index in [1.165, 1.54) is 29.7 Å². The molecule has 2 amide bonds. The number of nitrogens with zero attached hydrogens (tertiary/aromatic N) is 2. The third-order valence-electron chi connectivity index (χ3n) is 6.35. The van der Waals surface area contributed by atoms with Gasteiger partial charge < -0.3 is 19.3 Å². The SMILES string of the molecule is CN(CCCOc1ccc(S(=O)(=O)C2(C(=O)NO)CCOCC2)cc1)C(=O)c1ccc(N(C)C)cc1. The van der Waals surface area contributed by atoms with Gasteiger partial charge in [-0.15, -0.1) is 0 Å². The predicted molar refractivity (Wildman–Crippen MR) is 134 cm³/mol. The minimum Gasteiger partial charge on any atom is -0.494 e. The minimum absolute atomic E-state index is 0.0361. The first-order valence-electron chi connectivity index (χ1n) is 11.6. The van der Waals surface area contributed by atoms with Crippen LogP contribution in [0.4, 0.5) is 5.69 Å². The van der Waals surface area contributed by atoms with Crippen molar-refractivity contribution in [2.24, 2.45) is 0 Å². The molecule has 36 heavy (non-hydrogen) atoms. The van der Waals surface area contributed by atoms with Gasteiger partial charge in [0.2, 0.25) is 0 Å². The van der Waals surface area contributed by atoms with Crippen LogP contribution in [-0.4, -0.2) is 82.6 Å². The van der Waals surface area contributed by atoms with Crippen LogP contribution < -0.4 is 15.1 Å². The van der Waals surface area contributed by atoms with Crippen LogP contribution >= 0.6 is 0 Å². The zero-order valence-corrected chi connectivity index (χ0v) is 21.6. The first kappa shape index (κ1) is 27.4. The first-order chi connectivity index (χ1) is 17.1. The number of carbonyl (C=O) groups excluding carboxylic acids is 2. The lowest BCUT2D eigenvalue weighted by Crippen LogP contribution is -2.54. The van der Waals surface area contributed by atoms with Crippen molar-refractivity contribution in [2.75, 3.05) is 52.4 Å². The Labute approximate surface area is 211 Å². The quantitative estimate of drug-likeness (QED) is 0.278. The topological polar surface area (TPSA) is 125 Å². The molecule has 1 heterocycles. The molecule has 0 spiro atoms. The van der Waals surface area contributed by atoms with E-state index in [4.69, 9.17) is 14.7 Å². The van der Waals surface area contributed by atoms with Crippen LogP contribution in [0.15, 0.2) is 53.4 Å². The minimum atomic E-state index is -4.09. The maximum absolute atomic E-state index is 13.3. The normalized spacial score (nSPS) is 15.1. The zero-order valence-electron chi connectivity index (χ0n) is 20.8. The molecule has 11 heteroatoms. The number of benzene rings is 2. The van der Waals surface area contributed by atoms with E-state index in [1.807, 2.05) is 31.1 Å². The molecule has 0 aromatic heterocycles. The number of hydrogen-bond acceptors (Lipinski definition) is 8. The van der Waals surface area contributed by atoms with Crippen molar-refractivity contribution in [3.05, 3.63) is 54.1 Å². The van der Waals surface area contributed by atoms with Crippen molar-refractivity contribution in [3.63, 3.8) is 0 Å². The summed E-state index contributed by atoms with van der Waals surface area (Å²) < 4.78 is 35.7. The molecule has 0 radical (unpaired) electrons. The molecule has 1 fully saturated rings. The van der Waals surface area contributed by atoms with E-state index in [-0.39, 0.29) is 36.9 Å². The monoisotopic (exact) mass is 519 g/mol. The van der Waals surface area contributed by atoms with Crippen LogP contribution in [0.25, 0.3) is 0 Å². The van der Waals surface area contributed by atoms with E-state index in [9.17, 15) is 18.0 Å². The molecule has 196 valence electrons. The highest BCUT2D eigenvalue weighted by Crippen LogP contribution is 2.35. The second-order valence-electron chi connectivity index (χ2n) is 8.89. The number of sulfone groups is 1. The maximum Gasteiger partial charge on any atom is 0.265 e. The summed E-state index contributed by atoms with van der Waals surface area (Å²) in [6.07, 6.45) is 0.482. The smallest absolute Gasteiger partial charge is 0.265 e. The Kier molecular flexibility index (Phi) is 8.93. The average molecular weight is 520 g/mol. The predicted octanol–water partition coefficient (Wildman–Crippen LogP) is 2.12. The molecule has 2 N–H and O–H groups in total. The van der Waals surface area contributed by atoms with Gasteiger partial charge in [-0.25, -0.2) is 13.9 Å². The highest BCUT2D eigenvalue weighted by Gasteiger charge is 2.52. The number of anilines is 1. The van der Waals surface area contributed by atoms with Crippen LogP contribution in [0.5, 0.6) is 5.75 Å². The van der Waals surface area contributed by atoms with Gasteiger partial charge in [-0.1, -0.05) is 0 Å². The molecular weight excluding hydrogens is 486 g/mol. The van der Waals surface area contributed by atoms with Gasteiger partial charge in [0.25, 0.3) is 11.8 Å². The highest BCUT2D eigenvalue weighted by atomic mass is 32.2. The first-order valence-corrected chi connectivity index (χ1v) is 13.1. The fraction of sp³-hybridized carbons (Fsp3) is 0.440. The molecule has 10 nitrogen and oxygen atoms in total. The molecule has 2 aromatic rings. The van der Waals surface area contributed by atoms with Crippen LogP contribution in [-0.2, 0) is 19.4 Å². The van der Waals surface area contributed by atoms with Crippen LogP contribution in [0.3, 0.4) is 0 Å². The average Bonchev–Trinajstić information content (AvgIpc) is 2.90. The fourth-order valence-electron chi connectivity index (χ4n) is 4.08. The van der Waals surface area contributed by atoms with Crippen molar-refractivity contribution in [3.8, 4) is 5.75 Å². The van der Waals surface area contributed by atoms with Gasteiger partial charge in [0.15, 0.2) is 14.6 Å². The van der Waals surface area contributed by atoms with E-state index in [0.29, 0.717) is 30.9 Å². The maximum atomic E-state index is 13.3. The standard InChI is InChI=1S/C25H33N3O7S/c1-27(2)20-7-5-19(6-8-20)23(29)28(3)15-4-16-35-21-9-11-22(12-10-21)36(32,33)25(24(30)26-31)13-17-34-18-14-25/h5-12,31H,4,13-18H2,1-3H3,(H,26,30). The molecule has 1 aliphatic heterocycles. The lowest BCUT2D eigenvalue weighted by atomic mass is 9.98. The van der Waals surface area contributed by atoms with E-state index >= 15 is 0 Å². The molecule has 1 saturated heterocycles. The van der Waals surface area contributed by atoms with Gasteiger partial charge >= 0.3 is 0 Å². The van der Waals surface area contributed by atoms with Crippen LogP contribution in [0, 0.1) is 0 Å². The van der Waals surface area contributed by atoms with Crippen LogP contribution in [0.1, 0.15) is 29.6 Å². The van der Waals surface area contributed by atoms with Gasteiger partial charge in [-0.3, -0.25) is 14.8 Å². The lowest BCUT2D eigenvalue weighted by Gasteiger charge is -2.34. The molecular formula is C25H33N3O7S. The molecule has 0 unspecified atom stereocenters. The third kappa shape index (κ3) is 5.80. The fourth-order valence-corrected chi connectivity index (χ4v) is 6.02. The van der Waals surface area contributed by atoms with Gasteiger partial charge in [-0.05, 0) is 67.8 Å². The molecule has 0 atom stereocenters. The number of carbonyl (C=O) groups is 2. The Morgan fingerprint density at radius 3 is 2.19 bits per heavy atom. The summed E-state index contributed by atoms with van der Waals surface area (Å²) in [5, 5.41) is 9.14. The number of hydrogen-bond donors (Lipinski definition) is 2. The second kappa shape index (κ2) is 11.7. The molecule has 3 rings (SSSR count). The molecule has 1 aliphatic rings. The van der Waals surface area contributed by atoms with E-state index in [1.54, 1.807) is 24.1 Å². The summed E-state index contributed by atoms with van der Waals surface area (Å²) in [4.78, 5) is 28.5. The summed E-state index contributed by atoms with van der Waals surface area (Å²) in [6, 6.07) is 13.2. The van der Waals surface area contributed by atoms with Crippen molar-refractivity contribution in [1.29, 1.82) is 0 Å². The zero-order chi connectivity index (χ0) is 26.3. The van der Waals surface area contributed by atoms with Crippen LogP contribution in [0.2, 0.25) is 0 Å². The molecule has 0 bridgehead atoms. The van der Waals surface area contributed by atoms with Crippen molar-refractivity contribution < 1.29 is 32.7 Å². The number of amides is 2. The summed E-state index contributed by atoms with van der Waals surface area (Å²) in [5.41, 5.74) is 3.13. The van der Waals surface area contributed by atoms with Crippen molar-refractivity contribution in [1.82, 2.24) is 10.4 Å². The number of nitrogens with one attached hydrogen (secondary N) is 1. The van der Waals surface area contributed by atoms with Gasteiger partial charge in [-0.2, -0.15) is 0 Å². The van der Waals surface area contributed by atoms with Gasteiger partial charge in [0.1, 0.15) is 5.75 Å². The van der Waals surface area contributed by atoms with E-state index in [0.717, 1.165) is 5.69 Å². The highest BCUT2D eigenvalue weighted by molar-refractivity contribution is 7.93. The number of hydroxylamine groups is 1. The largest absolute Gasteiger partial charge is 0.494 e. The Morgan fingerprint density at radius 1 is 1.03 bits per heavy atom. The van der Waals surface area contributed by atoms with Gasteiger partial charge in [0, 0.05) is 52.2 Å². The Balaban J connectivity index is 1.55. The van der Waals surface area contributed by atoms with Gasteiger partial charge in [0.05, 0.1) is 11.5 Å². The summed E-state index contributed by atoms with van der Waals surface area (Å²) >= 11 is 0. The number of rotatable bonds is 10. The molecule has 0 aliphatic carbocycles. The summed E-state index contributed by atoms with van der Waals surface area (Å²) in [7, 11) is 1.52. The Bertz CT molecular complexity index is 1140. The Hall–Kier alpha value is -3.15. The molecule has 2 aromatic carbocycles. The molecule has 0 saturated carbocycles. The lowest BCUT2D eigenvalue weighted by molar-refractivity contribution is -0.134. The summed E-state index contributed by atoms with van der Waals surface area (Å²) in [5.74, 6) is -0.572. The van der Waals surface area contributed by atoms with Crippen molar-refractivity contribution in [2.45, 2.75) is 28.9 Å². The number of ether oxygens (including phenoxy) is 2. The van der Waals surface area contributed by atoms with E-state index in [2.05, 4.69) is 0 Å². The third-order valence-corrected chi connectivity index (χ3v) is 8.86. The summed E-state index contributed by atoms with van der Waals surface area (Å²) in [6.45, 7) is 1.03. The van der Waals surface area contributed by atoms with Crippen molar-refractivity contribution >= 4 is 27.3 Å². The Morgan fingerprint density at radius 2 is 1.64 bits per heavy atom. The second-order valence-corrected chi connectivity index (χ2v) is 11.2.